The van der Waals surface area contributed by atoms with E-state index in [1.165, 1.54) is 6.92 Å². The molecular weight excluding hydrogens is 446 g/mol. The zero-order valence-corrected chi connectivity index (χ0v) is 19.7. The third-order valence-corrected chi connectivity index (χ3v) is 5.67. The first kappa shape index (κ1) is 26.2. The summed E-state index contributed by atoms with van der Waals surface area (Å²) in [6.07, 6.45) is 1.93. The van der Waals surface area contributed by atoms with Crippen molar-refractivity contribution >= 4 is 47.2 Å². The maximum Gasteiger partial charge on any atom is 0.327 e. The van der Waals surface area contributed by atoms with Crippen molar-refractivity contribution in [3.8, 4) is 0 Å². The zero-order chi connectivity index (χ0) is 24.7. The van der Waals surface area contributed by atoms with E-state index in [0.717, 1.165) is 16.5 Å². The Morgan fingerprint density at radius 1 is 1.00 bits per heavy atom. The van der Waals surface area contributed by atoms with Gasteiger partial charge in [0.1, 0.15) is 18.1 Å². The molecule has 4 unspecified atom stereocenters. The van der Waals surface area contributed by atoms with E-state index >= 15 is 0 Å². The Hall–Kier alpha value is -3.05. The lowest BCUT2D eigenvalue weighted by molar-refractivity contribution is -0.141. The number of para-hydroxylation sites is 1. The van der Waals surface area contributed by atoms with Crippen molar-refractivity contribution in [3.05, 3.63) is 36.0 Å². The minimum Gasteiger partial charge on any atom is -0.480 e. The second kappa shape index (κ2) is 11.7. The fourth-order valence-electron chi connectivity index (χ4n) is 3.16. The molecule has 0 fully saturated rings. The number of fused-ring (bicyclic) bond motifs is 1. The summed E-state index contributed by atoms with van der Waals surface area (Å²) in [5, 5.41) is 17.5. The topological polar surface area (TPSA) is 166 Å². The van der Waals surface area contributed by atoms with Gasteiger partial charge in [-0.05, 0) is 24.5 Å². The predicted molar refractivity (Wildman–Crippen MR) is 128 cm³/mol. The van der Waals surface area contributed by atoms with Crippen LogP contribution < -0.4 is 21.7 Å². The van der Waals surface area contributed by atoms with Crippen molar-refractivity contribution in [3.63, 3.8) is 0 Å². The third-order valence-electron chi connectivity index (χ3n) is 5.30. The Kier molecular flexibility index (Phi) is 9.30. The van der Waals surface area contributed by atoms with Gasteiger partial charge in [-0.25, -0.2) is 4.79 Å². The summed E-state index contributed by atoms with van der Waals surface area (Å²) < 4.78 is 0. The van der Waals surface area contributed by atoms with E-state index in [1.807, 2.05) is 24.3 Å². The quantitative estimate of drug-likeness (QED) is 0.228. The molecule has 4 atom stereocenters. The van der Waals surface area contributed by atoms with Crippen LogP contribution in [0.5, 0.6) is 0 Å². The maximum absolute atomic E-state index is 13.0. The number of nitrogens with one attached hydrogen (secondary N) is 4. The molecule has 3 amide bonds. The number of aliphatic carboxylic acids is 1. The van der Waals surface area contributed by atoms with Crippen molar-refractivity contribution in [2.75, 3.05) is 5.75 Å². The van der Waals surface area contributed by atoms with Crippen molar-refractivity contribution < 1.29 is 24.3 Å². The number of hydrogen-bond donors (Lipinski definition) is 7. The largest absolute Gasteiger partial charge is 0.480 e. The summed E-state index contributed by atoms with van der Waals surface area (Å²) in [6.45, 7) is 5.02. The van der Waals surface area contributed by atoms with Crippen LogP contribution in [0.4, 0.5) is 0 Å². The number of thiol groups is 1. The summed E-state index contributed by atoms with van der Waals surface area (Å²) in [6, 6.07) is 3.50. The van der Waals surface area contributed by atoms with Gasteiger partial charge in [0, 0.05) is 29.3 Å². The van der Waals surface area contributed by atoms with E-state index in [4.69, 9.17) is 10.8 Å². The van der Waals surface area contributed by atoms with Crippen LogP contribution in [0, 0.1) is 5.92 Å². The average Bonchev–Trinajstić information content (AvgIpc) is 3.18. The van der Waals surface area contributed by atoms with Crippen LogP contribution in [-0.2, 0) is 25.6 Å². The van der Waals surface area contributed by atoms with Gasteiger partial charge < -0.3 is 31.8 Å². The molecule has 0 radical (unpaired) electrons. The third kappa shape index (κ3) is 6.96. The van der Waals surface area contributed by atoms with E-state index in [-0.39, 0.29) is 18.1 Å². The van der Waals surface area contributed by atoms with Crippen molar-refractivity contribution in [2.45, 2.75) is 51.4 Å². The lowest BCUT2D eigenvalue weighted by Crippen LogP contribution is -2.57. The Morgan fingerprint density at radius 3 is 2.24 bits per heavy atom. The number of rotatable bonds is 11. The van der Waals surface area contributed by atoms with Crippen molar-refractivity contribution in [1.29, 1.82) is 0 Å². The first-order valence-corrected chi connectivity index (χ1v) is 11.2. The Morgan fingerprint density at radius 2 is 1.64 bits per heavy atom. The lowest BCUT2D eigenvalue weighted by Gasteiger charge is -2.24. The molecule has 0 aliphatic rings. The van der Waals surface area contributed by atoms with Crippen LogP contribution in [0.15, 0.2) is 30.5 Å². The molecule has 7 N–H and O–H groups in total. The number of carbonyl (C=O) groups excluding carboxylic acids is 3. The first-order chi connectivity index (χ1) is 15.5. The van der Waals surface area contributed by atoms with Crippen LogP contribution in [0.1, 0.15) is 26.3 Å². The standard InChI is InChI=1S/C22H31N5O5S/c1-11(2)18(23)21(30)26-16(8-13-9-24-15-7-5-4-6-14(13)15)20(29)25-12(3)19(28)27-17(10-33)22(31)32/h4-7,9,11-12,16-18,24,33H,8,10,23H2,1-3H3,(H,25,29)(H,26,30)(H,27,28)(H,31,32). The minimum absolute atomic E-state index is 0.103. The molecule has 1 aromatic heterocycles. The smallest absolute Gasteiger partial charge is 0.327 e. The highest BCUT2D eigenvalue weighted by atomic mass is 32.1. The van der Waals surface area contributed by atoms with Gasteiger partial charge in [0.15, 0.2) is 0 Å². The summed E-state index contributed by atoms with van der Waals surface area (Å²) >= 11 is 3.91. The number of aromatic nitrogens is 1. The van der Waals surface area contributed by atoms with E-state index in [1.54, 1.807) is 20.0 Å². The number of hydrogen-bond acceptors (Lipinski definition) is 6. The van der Waals surface area contributed by atoms with E-state index < -0.39 is 47.9 Å². The van der Waals surface area contributed by atoms with Crippen LogP contribution in [0.2, 0.25) is 0 Å². The average molecular weight is 478 g/mol. The molecular formula is C22H31N5O5S. The number of carboxylic acid groups (broad SMARTS) is 1. The zero-order valence-electron chi connectivity index (χ0n) is 18.8. The van der Waals surface area contributed by atoms with Gasteiger partial charge in [-0.3, -0.25) is 14.4 Å². The van der Waals surface area contributed by atoms with Crippen molar-refractivity contribution in [1.82, 2.24) is 20.9 Å². The molecule has 33 heavy (non-hydrogen) atoms. The van der Waals surface area contributed by atoms with E-state index in [9.17, 15) is 19.2 Å². The molecule has 1 aromatic carbocycles. The monoisotopic (exact) mass is 477 g/mol. The molecule has 0 bridgehead atoms. The van der Waals surface area contributed by atoms with Gasteiger partial charge in [-0.2, -0.15) is 12.6 Å². The molecule has 0 aliphatic carbocycles. The molecule has 0 aliphatic heterocycles. The molecule has 1 heterocycles. The highest BCUT2D eigenvalue weighted by molar-refractivity contribution is 7.80. The summed E-state index contributed by atoms with van der Waals surface area (Å²) in [5.41, 5.74) is 7.64. The molecule has 11 heteroatoms. The van der Waals surface area contributed by atoms with Crippen molar-refractivity contribution in [2.24, 2.45) is 11.7 Å². The molecule has 2 aromatic rings. The Balaban J connectivity index is 2.19. The Labute approximate surface area is 197 Å². The highest BCUT2D eigenvalue weighted by Gasteiger charge is 2.29. The summed E-state index contributed by atoms with van der Waals surface area (Å²) in [4.78, 5) is 52.3. The predicted octanol–water partition coefficient (Wildman–Crippen LogP) is 0.182. The number of carboxylic acids is 1. The normalized spacial score (nSPS) is 14.8. The molecule has 2 rings (SSSR count). The fraction of sp³-hybridized carbons (Fsp3) is 0.455. The Bertz CT molecular complexity index is 1010. The fourth-order valence-corrected chi connectivity index (χ4v) is 3.41. The summed E-state index contributed by atoms with van der Waals surface area (Å²) in [5.74, 6) is -3.23. The SMILES string of the molecule is CC(NC(=O)C(Cc1c[nH]c2ccccc12)NC(=O)C(N)C(C)C)C(=O)NC(CS)C(=O)O. The van der Waals surface area contributed by atoms with Gasteiger partial charge in [-0.15, -0.1) is 0 Å². The van der Waals surface area contributed by atoms with Crippen LogP contribution in [-0.4, -0.2) is 63.7 Å². The van der Waals surface area contributed by atoms with Crippen LogP contribution >= 0.6 is 12.6 Å². The second-order valence-corrected chi connectivity index (χ2v) is 8.57. The minimum atomic E-state index is -1.23. The number of benzene rings is 1. The number of carbonyl (C=O) groups is 4. The van der Waals surface area contributed by atoms with Gasteiger partial charge in [0.25, 0.3) is 0 Å². The summed E-state index contributed by atoms with van der Waals surface area (Å²) in [7, 11) is 0. The van der Waals surface area contributed by atoms with E-state index in [0.29, 0.717) is 0 Å². The first-order valence-electron chi connectivity index (χ1n) is 10.6. The van der Waals surface area contributed by atoms with Gasteiger partial charge >= 0.3 is 5.97 Å². The van der Waals surface area contributed by atoms with Gasteiger partial charge in [-0.1, -0.05) is 32.0 Å². The van der Waals surface area contributed by atoms with Gasteiger partial charge in [0.05, 0.1) is 6.04 Å². The second-order valence-electron chi connectivity index (χ2n) is 8.21. The van der Waals surface area contributed by atoms with Crippen LogP contribution in [0.3, 0.4) is 0 Å². The lowest BCUT2D eigenvalue weighted by atomic mass is 10.0. The molecule has 0 saturated carbocycles. The molecule has 10 nitrogen and oxygen atoms in total. The van der Waals surface area contributed by atoms with Crippen LogP contribution in [0.25, 0.3) is 10.9 Å². The maximum atomic E-state index is 13.0. The number of H-pyrrole nitrogens is 1. The number of nitrogens with two attached hydrogens (primary N) is 1. The number of amides is 3. The van der Waals surface area contributed by atoms with E-state index in [2.05, 4.69) is 33.6 Å². The number of aromatic amines is 1. The molecule has 0 saturated heterocycles. The highest BCUT2D eigenvalue weighted by Crippen LogP contribution is 2.19. The van der Waals surface area contributed by atoms with Gasteiger partial charge in [0.2, 0.25) is 17.7 Å². The molecule has 180 valence electrons. The molecule has 0 spiro atoms.